The number of aromatic nitrogens is 1. The van der Waals surface area contributed by atoms with Gasteiger partial charge in [0.2, 0.25) is 10.0 Å². The van der Waals surface area contributed by atoms with Crippen molar-refractivity contribution >= 4 is 21.9 Å². The fourth-order valence-electron chi connectivity index (χ4n) is 3.78. The Kier molecular flexibility index (Phi) is 7.65. The van der Waals surface area contributed by atoms with Gasteiger partial charge in [-0.15, -0.1) is 0 Å². The number of rotatable bonds is 9. The minimum absolute atomic E-state index is 0.0627. The second-order valence-corrected chi connectivity index (χ2v) is 9.64. The highest BCUT2D eigenvalue weighted by atomic mass is 32.2. The first-order valence-electron chi connectivity index (χ1n) is 10.5. The van der Waals surface area contributed by atoms with Gasteiger partial charge in [0.25, 0.3) is 5.91 Å². The molecule has 1 amide bonds. The summed E-state index contributed by atoms with van der Waals surface area (Å²) in [6.45, 7) is 0.943. The van der Waals surface area contributed by atoms with Gasteiger partial charge in [-0.3, -0.25) is 9.59 Å². The average molecular weight is 480 g/mol. The van der Waals surface area contributed by atoms with E-state index in [1.54, 1.807) is 25.2 Å². The molecule has 1 aliphatic rings. The molecule has 1 fully saturated rings. The third kappa shape index (κ3) is 5.31. The van der Waals surface area contributed by atoms with Crippen molar-refractivity contribution in [2.45, 2.75) is 30.2 Å². The van der Waals surface area contributed by atoms with Crippen LogP contribution in [0.5, 0.6) is 11.5 Å². The van der Waals surface area contributed by atoms with Crippen molar-refractivity contribution in [3.8, 4) is 11.5 Å². The molecular formula is C22H29N3O7S. The molecule has 0 saturated carbocycles. The highest BCUT2D eigenvalue weighted by molar-refractivity contribution is 7.89. The summed E-state index contributed by atoms with van der Waals surface area (Å²) >= 11 is 0. The highest BCUT2D eigenvalue weighted by Gasteiger charge is 2.30. The van der Waals surface area contributed by atoms with Gasteiger partial charge in [0.1, 0.15) is 10.6 Å². The first-order chi connectivity index (χ1) is 15.7. The predicted octanol–water partition coefficient (Wildman–Crippen LogP) is 1.86. The van der Waals surface area contributed by atoms with Crippen molar-refractivity contribution in [2.75, 3.05) is 34.4 Å². The molecule has 1 aliphatic heterocycles. The summed E-state index contributed by atoms with van der Waals surface area (Å²) in [5.74, 6) is -0.0936. The second-order valence-electron chi connectivity index (χ2n) is 7.70. The zero-order valence-corrected chi connectivity index (χ0v) is 20.0. The van der Waals surface area contributed by atoms with Crippen LogP contribution >= 0.6 is 0 Å². The van der Waals surface area contributed by atoms with E-state index < -0.39 is 27.9 Å². The van der Waals surface area contributed by atoms with Gasteiger partial charge in [0.15, 0.2) is 11.5 Å². The van der Waals surface area contributed by atoms with Gasteiger partial charge in [-0.2, -0.15) is 4.31 Å². The summed E-state index contributed by atoms with van der Waals surface area (Å²) in [4.78, 5) is 25.2. The van der Waals surface area contributed by atoms with Crippen LogP contribution in [0.25, 0.3) is 0 Å². The Morgan fingerprint density at radius 1 is 1.06 bits per heavy atom. The molecule has 11 heteroatoms. The van der Waals surface area contributed by atoms with Gasteiger partial charge in [0.05, 0.1) is 33.8 Å². The number of nitrogens with one attached hydrogen (secondary N) is 1. The molecule has 0 radical (unpaired) electrons. The molecular weight excluding hydrogens is 450 g/mol. The molecule has 180 valence electrons. The van der Waals surface area contributed by atoms with Crippen molar-refractivity contribution in [3.63, 3.8) is 0 Å². The van der Waals surface area contributed by atoms with E-state index in [9.17, 15) is 18.0 Å². The number of carbonyl (C=O) groups is 2. The highest BCUT2D eigenvalue weighted by Crippen LogP contribution is 2.31. The number of ether oxygens (including phenoxy) is 3. The second kappa shape index (κ2) is 10.3. The lowest BCUT2D eigenvalue weighted by molar-refractivity contribution is -0.141. The lowest BCUT2D eigenvalue weighted by atomic mass is 10.0. The third-order valence-corrected chi connectivity index (χ3v) is 7.49. The van der Waals surface area contributed by atoms with E-state index in [1.165, 1.54) is 42.5 Å². The van der Waals surface area contributed by atoms with Crippen LogP contribution in [-0.4, -0.2) is 63.6 Å². The minimum atomic E-state index is -3.67. The number of amides is 1. The van der Waals surface area contributed by atoms with E-state index in [0.717, 1.165) is 12.8 Å². The first-order valence-corrected chi connectivity index (χ1v) is 11.9. The van der Waals surface area contributed by atoms with Gasteiger partial charge in [-0.1, -0.05) is 6.07 Å². The van der Waals surface area contributed by atoms with Crippen LogP contribution in [0.3, 0.4) is 0 Å². The van der Waals surface area contributed by atoms with E-state index in [1.807, 2.05) is 0 Å². The standard InChI is InChI=1S/C22H29N3O7S/c1-24-14-16(33(28,29)25-9-5-6-10-25)12-18(24)22(27)23-17(13-21(26)32-4)15-7-8-19(30-2)20(11-15)31-3/h7-8,11-12,14,17H,5-6,9-10,13H2,1-4H3,(H,23,27). The lowest BCUT2D eigenvalue weighted by Gasteiger charge is -2.20. The summed E-state index contributed by atoms with van der Waals surface area (Å²) in [7, 11) is 2.20. The monoisotopic (exact) mass is 479 g/mol. The smallest absolute Gasteiger partial charge is 0.307 e. The SMILES string of the molecule is COC(=O)CC(NC(=O)c1cc(S(=O)(=O)N2CCCC2)cn1C)c1ccc(OC)c(OC)c1. The van der Waals surface area contributed by atoms with Crippen molar-refractivity contribution in [1.29, 1.82) is 0 Å². The van der Waals surface area contributed by atoms with Crippen molar-refractivity contribution < 1.29 is 32.2 Å². The van der Waals surface area contributed by atoms with E-state index in [4.69, 9.17) is 14.2 Å². The Labute approximate surface area is 193 Å². The molecule has 2 aromatic rings. The fourth-order valence-corrected chi connectivity index (χ4v) is 5.37. The summed E-state index contributed by atoms with van der Waals surface area (Å²) < 4.78 is 44.0. The quantitative estimate of drug-likeness (QED) is 0.546. The van der Waals surface area contributed by atoms with Crippen molar-refractivity contribution in [3.05, 3.63) is 41.7 Å². The number of esters is 1. The molecule has 2 heterocycles. The molecule has 1 saturated heterocycles. The Hall–Kier alpha value is -3.05. The van der Waals surface area contributed by atoms with E-state index in [2.05, 4.69) is 5.32 Å². The van der Waals surface area contributed by atoms with Crippen molar-refractivity contribution in [1.82, 2.24) is 14.2 Å². The average Bonchev–Trinajstić information content (AvgIpc) is 3.48. The number of hydrogen-bond donors (Lipinski definition) is 1. The molecule has 10 nitrogen and oxygen atoms in total. The number of methoxy groups -OCH3 is 3. The Morgan fingerprint density at radius 2 is 1.73 bits per heavy atom. The molecule has 0 aliphatic carbocycles. The van der Waals surface area contributed by atoms with Crippen LogP contribution in [0, 0.1) is 0 Å². The molecule has 33 heavy (non-hydrogen) atoms. The first kappa shape index (κ1) is 24.6. The van der Waals surface area contributed by atoms with Crippen LogP contribution < -0.4 is 14.8 Å². The molecule has 1 atom stereocenters. The summed E-state index contributed by atoms with van der Waals surface area (Å²) in [6, 6.07) is 5.67. The van der Waals surface area contributed by atoms with E-state index in [-0.39, 0.29) is 17.0 Å². The lowest BCUT2D eigenvalue weighted by Crippen LogP contribution is -2.31. The van der Waals surface area contributed by atoms with Crippen molar-refractivity contribution in [2.24, 2.45) is 7.05 Å². The van der Waals surface area contributed by atoms with Gasteiger partial charge >= 0.3 is 5.97 Å². The maximum Gasteiger partial charge on any atom is 0.307 e. The maximum absolute atomic E-state index is 13.1. The van der Waals surface area contributed by atoms with Crippen LogP contribution in [0.4, 0.5) is 0 Å². The minimum Gasteiger partial charge on any atom is -0.493 e. The normalized spacial score (nSPS) is 15.2. The molecule has 1 aromatic carbocycles. The Bertz CT molecular complexity index is 1120. The zero-order valence-electron chi connectivity index (χ0n) is 19.2. The van der Waals surface area contributed by atoms with Gasteiger partial charge in [0, 0.05) is 26.3 Å². The number of aryl methyl sites for hydroxylation is 1. The Morgan fingerprint density at radius 3 is 2.33 bits per heavy atom. The molecule has 1 N–H and O–H groups in total. The number of sulfonamides is 1. The topological polar surface area (TPSA) is 116 Å². The fraction of sp³-hybridized carbons (Fsp3) is 0.455. The van der Waals surface area contributed by atoms with Gasteiger partial charge < -0.3 is 24.1 Å². The molecule has 1 aromatic heterocycles. The molecule has 1 unspecified atom stereocenters. The molecule has 0 bridgehead atoms. The summed E-state index contributed by atoms with van der Waals surface area (Å²) in [6.07, 6.45) is 2.94. The largest absolute Gasteiger partial charge is 0.493 e. The summed E-state index contributed by atoms with van der Waals surface area (Å²) in [5.41, 5.74) is 0.758. The van der Waals surface area contributed by atoms with Gasteiger partial charge in [-0.25, -0.2) is 8.42 Å². The van der Waals surface area contributed by atoms with Crippen LogP contribution in [0.2, 0.25) is 0 Å². The number of nitrogens with zero attached hydrogens (tertiary/aromatic N) is 2. The molecule has 0 spiro atoms. The number of benzene rings is 1. The van der Waals surface area contributed by atoms with E-state index in [0.29, 0.717) is 30.2 Å². The summed E-state index contributed by atoms with van der Waals surface area (Å²) in [5, 5.41) is 2.81. The molecule has 3 rings (SSSR count). The number of hydrogen-bond acceptors (Lipinski definition) is 7. The third-order valence-electron chi connectivity index (χ3n) is 5.63. The Balaban J connectivity index is 1.88. The van der Waals surface area contributed by atoms with Crippen LogP contribution in [0.15, 0.2) is 35.4 Å². The van der Waals surface area contributed by atoms with E-state index >= 15 is 0 Å². The van der Waals surface area contributed by atoms with Gasteiger partial charge in [-0.05, 0) is 36.6 Å². The predicted molar refractivity (Wildman–Crippen MR) is 120 cm³/mol. The number of carbonyl (C=O) groups excluding carboxylic acids is 2. The zero-order chi connectivity index (χ0) is 24.2. The van der Waals surface area contributed by atoms with Crippen LogP contribution in [0.1, 0.15) is 41.4 Å². The maximum atomic E-state index is 13.1. The van der Waals surface area contributed by atoms with Crippen LogP contribution in [-0.2, 0) is 26.6 Å².